The van der Waals surface area contributed by atoms with Gasteiger partial charge in [-0.15, -0.1) is 0 Å². The van der Waals surface area contributed by atoms with Crippen molar-refractivity contribution in [2.45, 2.75) is 57.7 Å². The summed E-state index contributed by atoms with van der Waals surface area (Å²) in [5, 5.41) is 6.72. The molecular formula is C24H30N2O2. The minimum atomic E-state index is -0.299. The van der Waals surface area contributed by atoms with Crippen molar-refractivity contribution < 1.29 is 9.53 Å². The molecule has 1 saturated carbocycles. The van der Waals surface area contributed by atoms with Gasteiger partial charge in [-0.1, -0.05) is 56.3 Å². The lowest BCUT2D eigenvalue weighted by atomic mass is 9.56. The molecule has 1 saturated heterocycles. The van der Waals surface area contributed by atoms with Crippen LogP contribution in [0.3, 0.4) is 0 Å². The first-order chi connectivity index (χ1) is 13.5. The van der Waals surface area contributed by atoms with Crippen LogP contribution < -0.4 is 10.6 Å². The SMILES string of the molecule is CC1(C)C(NCc2cccc(NC(=O)C3CCCO3)c2)CC1c1ccccc1. The molecule has 1 heterocycles. The summed E-state index contributed by atoms with van der Waals surface area (Å²) in [6.45, 7) is 6.19. The van der Waals surface area contributed by atoms with Crippen LogP contribution in [0.15, 0.2) is 54.6 Å². The van der Waals surface area contributed by atoms with Crippen molar-refractivity contribution in [2.75, 3.05) is 11.9 Å². The molecule has 2 aromatic rings. The van der Waals surface area contributed by atoms with Crippen LogP contribution in [0.5, 0.6) is 0 Å². The Bertz CT molecular complexity index is 812. The zero-order valence-electron chi connectivity index (χ0n) is 16.8. The molecule has 4 nitrogen and oxygen atoms in total. The number of carbonyl (C=O) groups is 1. The van der Waals surface area contributed by atoms with Crippen LogP contribution in [-0.4, -0.2) is 24.7 Å². The Balaban J connectivity index is 1.32. The number of ether oxygens (including phenoxy) is 1. The van der Waals surface area contributed by atoms with Crippen LogP contribution in [0.25, 0.3) is 0 Å². The molecule has 0 radical (unpaired) electrons. The molecule has 0 spiro atoms. The molecule has 4 rings (SSSR count). The second-order valence-electron chi connectivity index (χ2n) is 8.65. The molecule has 28 heavy (non-hydrogen) atoms. The number of rotatable bonds is 6. The van der Waals surface area contributed by atoms with Crippen molar-refractivity contribution in [3.63, 3.8) is 0 Å². The number of hydrogen-bond donors (Lipinski definition) is 2. The lowest BCUT2D eigenvalue weighted by molar-refractivity contribution is -0.124. The maximum atomic E-state index is 12.3. The van der Waals surface area contributed by atoms with Gasteiger partial charge in [0.15, 0.2) is 0 Å². The molecule has 2 aliphatic rings. The predicted octanol–water partition coefficient (Wildman–Crippen LogP) is 4.48. The predicted molar refractivity (Wildman–Crippen MR) is 112 cm³/mol. The second-order valence-corrected chi connectivity index (χ2v) is 8.65. The molecule has 2 N–H and O–H groups in total. The Kier molecular flexibility index (Phi) is 5.51. The number of benzene rings is 2. The third kappa shape index (κ3) is 3.98. The largest absolute Gasteiger partial charge is 0.368 e. The fourth-order valence-electron chi connectivity index (χ4n) is 4.53. The van der Waals surface area contributed by atoms with Gasteiger partial charge in [0.1, 0.15) is 6.10 Å². The molecule has 0 bridgehead atoms. The molecule has 1 aliphatic heterocycles. The van der Waals surface area contributed by atoms with Crippen molar-refractivity contribution in [2.24, 2.45) is 5.41 Å². The summed E-state index contributed by atoms with van der Waals surface area (Å²) in [4.78, 5) is 12.3. The van der Waals surface area contributed by atoms with Gasteiger partial charge in [-0.25, -0.2) is 0 Å². The van der Waals surface area contributed by atoms with Crippen molar-refractivity contribution in [1.29, 1.82) is 0 Å². The van der Waals surface area contributed by atoms with Crippen LogP contribution in [0.1, 0.15) is 50.2 Å². The van der Waals surface area contributed by atoms with Gasteiger partial charge in [0.05, 0.1) is 0 Å². The van der Waals surface area contributed by atoms with Gasteiger partial charge >= 0.3 is 0 Å². The first-order valence-electron chi connectivity index (χ1n) is 10.3. The maximum absolute atomic E-state index is 12.3. The number of anilines is 1. The monoisotopic (exact) mass is 378 g/mol. The number of nitrogens with one attached hydrogen (secondary N) is 2. The van der Waals surface area contributed by atoms with E-state index in [9.17, 15) is 4.79 Å². The van der Waals surface area contributed by atoms with E-state index >= 15 is 0 Å². The molecule has 3 unspecified atom stereocenters. The molecule has 2 fully saturated rings. The van der Waals surface area contributed by atoms with Crippen molar-refractivity contribution in [3.8, 4) is 0 Å². The van der Waals surface area contributed by atoms with Crippen LogP contribution in [-0.2, 0) is 16.1 Å². The smallest absolute Gasteiger partial charge is 0.253 e. The quantitative estimate of drug-likeness (QED) is 0.779. The van der Waals surface area contributed by atoms with Crippen molar-refractivity contribution >= 4 is 11.6 Å². The topological polar surface area (TPSA) is 50.4 Å². The van der Waals surface area contributed by atoms with Gasteiger partial charge in [-0.05, 0) is 53.9 Å². The van der Waals surface area contributed by atoms with E-state index in [1.165, 1.54) is 11.1 Å². The van der Waals surface area contributed by atoms with Gasteiger partial charge < -0.3 is 15.4 Å². The number of carbonyl (C=O) groups excluding carboxylic acids is 1. The first-order valence-corrected chi connectivity index (χ1v) is 10.3. The van der Waals surface area contributed by atoms with E-state index in [4.69, 9.17) is 4.74 Å². The Morgan fingerprint density at radius 2 is 1.96 bits per heavy atom. The van der Waals surface area contributed by atoms with Crippen LogP contribution in [0.2, 0.25) is 0 Å². The molecule has 3 atom stereocenters. The average Bonchev–Trinajstić information content (AvgIpc) is 3.23. The molecule has 4 heteroatoms. The Hall–Kier alpha value is -2.17. The average molecular weight is 379 g/mol. The number of hydrogen-bond acceptors (Lipinski definition) is 3. The second kappa shape index (κ2) is 8.06. The van der Waals surface area contributed by atoms with Crippen LogP contribution in [0.4, 0.5) is 5.69 Å². The molecule has 0 aromatic heterocycles. The maximum Gasteiger partial charge on any atom is 0.253 e. The van der Waals surface area contributed by atoms with Crippen molar-refractivity contribution in [3.05, 3.63) is 65.7 Å². The molecule has 1 amide bonds. The lowest BCUT2D eigenvalue weighted by Gasteiger charge is -2.53. The van der Waals surface area contributed by atoms with E-state index in [2.05, 4.69) is 66.9 Å². The minimum absolute atomic E-state index is 0.0339. The molecule has 1 aliphatic carbocycles. The highest BCUT2D eigenvalue weighted by Crippen LogP contribution is 2.52. The van der Waals surface area contributed by atoms with Gasteiger partial charge in [0, 0.05) is 24.9 Å². The first kappa shape index (κ1) is 19.2. The highest BCUT2D eigenvalue weighted by atomic mass is 16.5. The van der Waals surface area contributed by atoms with Crippen LogP contribution >= 0.6 is 0 Å². The van der Waals surface area contributed by atoms with Crippen molar-refractivity contribution in [1.82, 2.24) is 5.32 Å². The summed E-state index contributed by atoms with van der Waals surface area (Å²) in [6.07, 6.45) is 2.63. The standard InChI is InChI=1S/C24H30N2O2/c1-24(2)20(18-9-4-3-5-10-18)15-22(24)25-16-17-8-6-11-19(14-17)26-23(27)21-12-7-13-28-21/h3-6,8-11,14,20-22,25H,7,12-13,15-16H2,1-2H3,(H,26,27). The minimum Gasteiger partial charge on any atom is -0.368 e. The summed E-state index contributed by atoms with van der Waals surface area (Å²) in [5.74, 6) is 0.566. The van der Waals surface area contributed by atoms with E-state index in [0.29, 0.717) is 18.6 Å². The Morgan fingerprint density at radius 3 is 2.68 bits per heavy atom. The highest BCUT2D eigenvalue weighted by molar-refractivity contribution is 5.94. The third-order valence-electron chi connectivity index (χ3n) is 6.44. The highest BCUT2D eigenvalue weighted by Gasteiger charge is 2.48. The van der Waals surface area contributed by atoms with E-state index in [1.807, 2.05) is 12.1 Å². The van der Waals surface area contributed by atoms with Crippen LogP contribution in [0, 0.1) is 5.41 Å². The Labute approximate surface area is 167 Å². The summed E-state index contributed by atoms with van der Waals surface area (Å²) < 4.78 is 5.46. The lowest BCUT2D eigenvalue weighted by Crippen LogP contribution is -2.55. The fourth-order valence-corrected chi connectivity index (χ4v) is 4.53. The third-order valence-corrected chi connectivity index (χ3v) is 6.44. The molecule has 2 aromatic carbocycles. The van der Waals surface area contributed by atoms with E-state index in [0.717, 1.165) is 31.5 Å². The van der Waals surface area contributed by atoms with E-state index in [1.54, 1.807) is 0 Å². The summed E-state index contributed by atoms with van der Waals surface area (Å²) in [7, 11) is 0. The van der Waals surface area contributed by atoms with Gasteiger partial charge in [-0.2, -0.15) is 0 Å². The van der Waals surface area contributed by atoms with Gasteiger partial charge in [0.25, 0.3) is 5.91 Å². The summed E-state index contributed by atoms with van der Waals surface area (Å²) in [5.41, 5.74) is 3.69. The molecule has 148 valence electrons. The Morgan fingerprint density at radius 1 is 1.14 bits per heavy atom. The molecular weight excluding hydrogens is 348 g/mol. The van der Waals surface area contributed by atoms with Gasteiger partial charge in [0.2, 0.25) is 0 Å². The van der Waals surface area contributed by atoms with E-state index < -0.39 is 0 Å². The van der Waals surface area contributed by atoms with Gasteiger partial charge in [-0.3, -0.25) is 4.79 Å². The zero-order valence-corrected chi connectivity index (χ0v) is 16.8. The summed E-state index contributed by atoms with van der Waals surface area (Å²) >= 11 is 0. The zero-order chi connectivity index (χ0) is 19.6. The van der Waals surface area contributed by atoms with E-state index in [-0.39, 0.29) is 17.4 Å². The summed E-state index contributed by atoms with van der Waals surface area (Å²) in [6, 6.07) is 19.4. The number of amides is 1. The normalized spacial score (nSPS) is 25.9. The fraction of sp³-hybridized carbons (Fsp3) is 0.458.